The van der Waals surface area contributed by atoms with Crippen LogP contribution in [-0.4, -0.2) is 96.8 Å². The number of nitrogens with one attached hydrogen (secondary N) is 1. The molecule has 0 bridgehead atoms. The minimum Gasteiger partial charge on any atom is -0.446 e. The fourth-order valence-electron chi connectivity index (χ4n) is 14.2. The molecule has 0 aromatic rings. The van der Waals surface area contributed by atoms with E-state index in [1.165, 1.54) is 32.1 Å². The molecule has 15 atom stereocenters. The van der Waals surface area contributed by atoms with Crippen molar-refractivity contribution in [2.75, 3.05) is 26.2 Å². The Kier molecular flexibility index (Phi) is 8.84. The van der Waals surface area contributed by atoms with Gasteiger partial charge in [-0.1, -0.05) is 34.6 Å². The first kappa shape index (κ1) is 35.7. The SMILES string of the molecule is C[C@H](O)C(NCC1C[C@@H](C)[C@H]2C(O1)[C@H](O)[C@@]1(C)C3CC[C@H]4C(C)(C)[C@@H](O[C@H]5CN(C(=O)CC6CC6)CCO5)CC[C@@]45C[C@@]35CC[C@]21C)OC=O. The van der Waals surface area contributed by atoms with Crippen LogP contribution in [0.4, 0.5) is 0 Å². The van der Waals surface area contributed by atoms with Crippen LogP contribution in [0.2, 0.25) is 0 Å². The topological polar surface area (TPSA) is 127 Å². The molecule has 8 fully saturated rings. The Morgan fingerprint density at radius 1 is 1.06 bits per heavy atom. The van der Waals surface area contributed by atoms with Gasteiger partial charge in [0.25, 0.3) is 6.47 Å². The van der Waals surface area contributed by atoms with Crippen LogP contribution in [-0.2, 0) is 28.5 Å². The molecule has 2 saturated heterocycles. The number of ether oxygens (including phenoxy) is 4. The maximum absolute atomic E-state index is 12.9. The molecule has 8 aliphatic rings. The van der Waals surface area contributed by atoms with Crippen LogP contribution >= 0.6 is 0 Å². The van der Waals surface area contributed by atoms with Crippen LogP contribution in [0.15, 0.2) is 0 Å². The number of carbonyl (C=O) groups is 2. The largest absolute Gasteiger partial charge is 0.446 e. The number of amides is 1. The first-order valence-electron chi connectivity index (χ1n) is 20.1. The second-order valence-electron chi connectivity index (χ2n) is 19.4. The molecule has 50 heavy (non-hydrogen) atoms. The Hall–Kier alpha value is -1.30. The second kappa shape index (κ2) is 12.4. The van der Waals surface area contributed by atoms with Gasteiger partial charge in [-0.15, -0.1) is 0 Å². The fourth-order valence-corrected chi connectivity index (χ4v) is 14.2. The molecule has 2 aliphatic heterocycles. The lowest BCUT2D eigenvalue weighted by Crippen LogP contribution is -2.60. The van der Waals surface area contributed by atoms with Crippen molar-refractivity contribution in [3.8, 4) is 0 Å². The summed E-state index contributed by atoms with van der Waals surface area (Å²) < 4.78 is 24.9. The zero-order chi connectivity index (χ0) is 35.4. The molecular weight excluding hydrogens is 636 g/mol. The van der Waals surface area contributed by atoms with Gasteiger partial charge in [-0.25, -0.2) is 0 Å². The molecule has 0 aromatic carbocycles. The highest BCUT2D eigenvalue weighted by Gasteiger charge is 2.84. The molecule has 4 unspecified atom stereocenters. The molecule has 10 nitrogen and oxygen atoms in total. The Bertz CT molecular complexity index is 1320. The van der Waals surface area contributed by atoms with E-state index < -0.39 is 18.4 Å². The van der Waals surface area contributed by atoms with Crippen molar-refractivity contribution in [3.05, 3.63) is 0 Å². The number of hydrogen-bond donors (Lipinski definition) is 3. The first-order valence-corrected chi connectivity index (χ1v) is 20.1. The van der Waals surface area contributed by atoms with E-state index in [2.05, 4.69) is 39.9 Å². The summed E-state index contributed by atoms with van der Waals surface area (Å²) in [5.41, 5.74) is 0.300. The van der Waals surface area contributed by atoms with Crippen LogP contribution in [0.5, 0.6) is 0 Å². The van der Waals surface area contributed by atoms with Gasteiger partial charge in [0.1, 0.15) is 6.10 Å². The quantitative estimate of drug-likeness (QED) is 0.221. The van der Waals surface area contributed by atoms with Gasteiger partial charge >= 0.3 is 0 Å². The van der Waals surface area contributed by atoms with Crippen molar-refractivity contribution < 1.29 is 38.7 Å². The normalized spacial score (nSPS) is 50.1. The van der Waals surface area contributed by atoms with E-state index in [9.17, 15) is 19.8 Å². The second-order valence-corrected chi connectivity index (χ2v) is 19.4. The number of aliphatic hydroxyl groups excluding tert-OH is 2. The summed E-state index contributed by atoms with van der Waals surface area (Å²) in [5, 5.41) is 25.8. The number of fused-ring (bicyclic) bond motifs is 4. The third-order valence-electron chi connectivity index (χ3n) is 16.9. The molecule has 10 heteroatoms. The van der Waals surface area contributed by atoms with Crippen molar-refractivity contribution in [2.24, 2.45) is 56.7 Å². The summed E-state index contributed by atoms with van der Waals surface area (Å²) in [6.07, 6.45) is 9.25. The molecule has 2 spiro atoms. The lowest BCUT2D eigenvalue weighted by atomic mass is 9.41. The van der Waals surface area contributed by atoms with Crippen LogP contribution in [0.1, 0.15) is 112 Å². The zero-order valence-corrected chi connectivity index (χ0v) is 31.4. The molecule has 1 amide bonds. The lowest BCUT2D eigenvalue weighted by molar-refractivity contribution is -0.248. The van der Waals surface area contributed by atoms with Crippen molar-refractivity contribution in [3.63, 3.8) is 0 Å². The molecule has 8 rings (SSSR count). The van der Waals surface area contributed by atoms with E-state index in [1.54, 1.807) is 6.92 Å². The number of hydrogen-bond acceptors (Lipinski definition) is 9. The van der Waals surface area contributed by atoms with Gasteiger partial charge in [0, 0.05) is 24.9 Å². The standard InChI is InChI=1S/C40H64N2O8/c1-23-17-26(19-41-35(24(2)44)48-22-43)49-33-32(23)37(5)13-14-40-21-39(40)12-11-29(36(3,4)27(39)9-10-28(40)38(37,6)34(33)46)50-31-20-42(15-16-47-31)30(45)18-25-7-8-25/h22-29,31-35,41,44,46H,7-21H2,1-6H3/t23-,24+,26?,27+,28?,29+,31+,32+,33?,34+,35?,37-,38-,39-,40+/m1/s1. The van der Waals surface area contributed by atoms with Crippen molar-refractivity contribution in [2.45, 2.75) is 155 Å². The third-order valence-corrected chi connectivity index (χ3v) is 16.9. The van der Waals surface area contributed by atoms with Crippen LogP contribution in [0.3, 0.4) is 0 Å². The number of carbonyl (C=O) groups excluding carboxylic acids is 2. The molecular formula is C40H64N2O8. The van der Waals surface area contributed by atoms with E-state index in [0.29, 0.717) is 68.2 Å². The van der Waals surface area contributed by atoms with Gasteiger partial charge in [0.2, 0.25) is 5.91 Å². The minimum absolute atomic E-state index is 0.00432. The molecule has 2 heterocycles. The Balaban J connectivity index is 0.971. The summed E-state index contributed by atoms with van der Waals surface area (Å²) in [5.74, 6) is 2.54. The zero-order valence-electron chi connectivity index (χ0n) is 31.4. The monoisotopic (exact) mass is 700 g/mol. The lowest BCUT2D eigenvalue weighted by Gasteiger charge is -2.64. The number of morpholine rings is 1. The predicted molar refractivity (Wildman–Crippen MR) is 185 cm³/mol. The van der Waals surface area contributed by atoms with Gasteiger partial charge in [-0.05, 0) is 122 Å². The van der Waals surface area contributed by atoms with Gasteiger partial charge in [0.15, 0.2) is 12.5 Å². The highest BCUT2D eigenvalue weighted by Crippen LogP contribution is 2.89. The van der Waals surface area contributed by atoms with Crippen LogP contribution < -0.4 is 5.32 Å². The van der Waals surface area contributed by atoms with Gasteiger partial charge in [-0.3, -0.25) is 14.9 Å². The van der Waals surface area contributed by atoms with Crippen LogP contribution in [0, 0.1) is 56.7 Å². The number of nitrogens with zero attached hydrogens (tertiary/aromatic N) is 1. The molecule has 0 aromatic heterocycles. The van der Waals surface area contributed by atoms with Gasteiger partial charge < -0.3 is 34.1 Å². The molecule has 282 valence electrons. The fraction of sp³-hybridized carbons (Fsp3) is 0.950. The third kappa shape index (κ3) is 5.14. The van der Waals surface area contributed by atoms with Gasteiger partial charge in [0.05, 0.1) is 37.6 Å². The van der Waals surface area contributed by atoms with E-state index in [0.717, 1.165) is 32.1 Å². The Morgan fingerprint density at radius 2 is 1.80 bits per heavy atom. The average molecular weight is 701 g/mol. The Labute approximate surface area is 299 Å². The molecule has 6 saturated carbocycles. The molecule has 3 N–H and O–H groups in total. The first-order chi connectivity index (χ1) is 23.7. The van der Waals surface area contributed by atoms with E-state index in [-0.39, 0.29) is 58.1 Å². The number of aliphatic hydroxyl groups is 2. The van der Waals surface area contributed by atoms with E-state index in [4.69, 9.17) is 18.9 Å². The highest BCUT2D eigenvalue weighted by atomic mass is 16.7. The summed E-state index contributed by atoms with van der Waals surface area (Å²) >= 11 is 0. The summed E-state index contributed by atoms with van der Waals surface area (Å²) in [6, 6.07) is 0. The predicted octanol–water partition coefficient (Wildman–Crippen LogP) is 4.64. The van der Waals surface area contributed by atoms with E-state index in [1.807, 2.05) is 4.90 Å². The Morgan fingerprint density at radius 3 is 2.52 bits per heavy atom. The highest BCUT2D eigenvalue weighted by molar-refractivity contribution is 5.76. The van der Waals surface area contributed by atoms with Gasteiger partial charge in [-0.2, -0.15) is 0 Å². The van der Waals surface area contributed by atoms with Crippen molar-refractivity contribution in [1.29, 1.82) is 0 Å². The van der Waals surface area contributed by atoms with E-state index >= 15 is 0 Å². The summed E-state index contributed by atoms with van der Waals surface area (Å²) in [4.78, 5) is 25.9. The maximum atomic E-state index is 12.9. The minimum atomic E-state index is -0.839. The molecule has 0 radical (unpaired) electrons. The summed E-state index contributed by atoms with van der Waals surface area (Å²) in [7, 11) is 0. The van der Waals surface area contributed by atoms with Crippen LogP contribution in [0.25, 0.3) is 0 Å². The average Bonchev–Trinajstić information content (AvgIpc) is 3.99. The van der Waals surface area contributed by atoms with Crippen molar-refractivity contribution in [1.82, 2.24) is 10.2 Å². The maximum Gasteiger partial charge on any atom is 0.294 e. The van der Waals surface area contributed by atoms with Crippen molar-refractivity contribution >= 4 is 12.4 Å². The summed E-state index contributed by atoms with van der Waals surface area (Å²) in [6.45, 7) is 16.3. The molecule has 6 aliphatic carbocycles. The smallest absolute Gasteiger partial charge is 0.294 e. The number of rotatable bonds is 10.